The Kier molecular flexibility index (Phi) is 13.9. The zero-order valence-corrected chi connectivity index (χ0v) is 19.2. The molecule has 4 nitrogen and oxygen atoms in total. The summed E-state index contributed by atoms with van der Waals surface area (Å²) in [6.07, 6.45) is 0. The quantitative estimate of drug-likeness (QED) is 0.540. The molecule has 1 heterocycles. The van der Waals surface area contributed by atoms with E-state index in [1.54, 1.807) is 39.6 Å². The van der Waals surface area contributed by atoms with Crippen LogP contribution in [0.4, 0.5) is 0 Å². The average Bonchev–Trinajstić information content (AvgIpc) is 2.89. The number of ether oxygens (including phenoxy) is 3. The Balaban J connectivity index is -0.000001000. The molecule has 133 valence electrons. The van der Waals surface area contributed by atoms with Crippen molar-refractivity contribution in [2.75, 3.05) is 21.3 Å². The van der Waals surface area contributed by atoms with Gasteiger partial charge in [-0.3, -0.25) is 0 Å². The van der Waals surface area contributed by atoms with Crippen LogP contribution in [0.2, 0.25) is 0 Å². The third-order valence-electron chi connectivity index (χ3n) is 3.32. The maximum absolute atomic E-state index is 5.61. The Bertz CT molecular complexity index is 548. The molecule has 10 heteroatoms. The molecule has 1 aromatic heterocycles. The number of rotatable bonds is 5. The number of aromatic nitrogens is 1. The molecule has 3 radical (unpaired) electrons. The summed E-state index contributed by atoms with van der Waals surface area (Å²) in [4.78, 5) is 4.60. The van der Waals surface area contributed by atoms with Gasteiger partial charge in [-0.05, 0) is 19.1 Å². The van der Waals surface area contributed by atoms with Gasteiger partial charge < -0.3 is 14.2 Å². The maximum atomic E-state index is 5.61. The number of benzene rings is 1. The fourth-order valence-electron chi connectivity index (χ4n) is 1.86. The second kappa shape index (κ2) is 11.3. The van der Waals surface area contributed by atoms with Crippen LogP contribution >= 0.6 is 65.3 Å². The molecular weight excluding hydrogens is 407 g/mol. The highest BCUT2D eigenvalue weighted by atomic mass is 32.1. The van der Waals surface area contributed by atoms with Crippen LogP contribution in [0.3, 0.4) is 0 Å². The van der Waals surface area contributed by atoms with E-state index in [1.165, 1.54) is 0 Å². The normalized spacial score (nSPS) is 12.9. The molecule has 2 rings (SSSR count). The number of methoxy groups -OCH3 is 3. The lowest BCUT2D eigenvalue weighted by Crippen LogP contribution is -2.54. The Morgan fingerprint density at radius 3 is 1.91 bits per heavy atom. The van der Waals surface area contributed by atoms with Crippen molar-refractivity contribution in [1.29, 1.82) is 0 Å². The van der Waals surface area contributed by atoms with Crippen molar-refractivity contribution < 1.29 is 14.2 Å². The summed E-state index contributed by atoms with van der Waals surface area (Å²) in [6.45, 7) is 1.80. The lowest BCUT2D eigenvalue weighted by atomic mass is 10.1. The molecule has 2 aromatic rings. The molecule has 1 atom stereocenters. The van der Waals surface area contributed by atoms with Crippen LogP contribution in [0, 0.1) is 0 Å². The Morgan fingerprint density at radius 1 is 0.957 bits per heavy atom. The highest BCUT2D eigenvalue weighted by Crippen LogP contribution is 2.39. The largest absolute Gasteiger partial charge is 0.370 e. The second-order valence-electron chi connectivity index (χ2n) is 4.23. The van der Waals surface area contributed by atoms with E-state index in [2.05, 4.69) is 15.2 Å². The SMILES string of the molecule is COC(C)(OC)C([Si])(OC)c1nc2ccccc2s1.S.S.S.S. The molecule has 0 amide bonds. The molecular formula is C13H24NO3S5Si. The third-order valence-corrected chi connectivity index (χ3v) is 5.53. The first kappa shape index (κ1) is 28.4. The van der Waals surface area contributed by atoms with E-state index in [9.17, 15) is 0 Å². The molecule has 1 aromatic carbocycles. The topological polar surface area (TPSA) is 40.6 Å². The first-order chi connectivity index (χ1) is 9.00. The van der Waals surface area contributed by atoms with Gasteiger partial charge in [0.1, 0.15) is 5.01 Å². The predicted octanol–water partition coefficient (Wildman–Crippen LogP) is 2.72. The number of thiazole rings is 1. The highest BCUT2D eigenvalue weighted by Gasteiger charge is 2.50. The third kappa shape index (κ3) is 5.05. The van der Waals surface area contributed by atoms with Gasteiger partial charge in [0.2, 0.25) is 0 Å². The minimum absolute atomic E-state index is 0. The second-order valence-corrected chi connectivity index (χ2v) is 5.96. The van der Waals surface area contributed by atoms with E-state index in [0.29, 0.717) is 0 Å². The van der Waals surface area contributed by atoms with Crippen molar-refractivity contribution in [1.82, 2.24) is 4.98 Å². The van der Waals surface area contributed by atoms with Gasteiger partial charge in [0.15, 0.2) is 11.0 Å². The molecule has 0 spiro atoms. The van der Waals surface area contributed by atoms with Crippen LogP contribution < -0.4 is 0 Å². The van der Waals surface area contributed by atoms with Gasteiger partial charge in [-0.15, -0.1) is 11.3 Å². The molecule has 1 unspecified atom stereocenters. The van der Waals surface area contributed by atoms with Crippen LogP contribution in [0.5, 0.6) is 0 Å². The van der Waals surface area contributed by atoms with Crippen molar-refractivity contribution in [3.63, 3.8) is 0 Å². The molecule has 0 aliphatic heterocycles. The molecule has 0 aliphatic rings. The number of hydrogen-bond donors (Lipinski definition) is 0. The number of fused-ring (bicyclic) bond motifs is 1. The van der Waals surface area contributed by atoms with E-state index in [0.717, 1.165) is 15.2 Å². The Labute approximate surface area is 172 Å². The van der Waals surface area contributed by atoms with Gasteiger partial charge in [0, 0.05) is 21.3 Å². The first-order valence-electron chi connectivity index (χ1n) is 5.77. The van der Waals surface area contributed by atoms with Gasteiger partial charge in [-0.2, -0.15) is 54.0 Å². The van der Waals surface area contributed by atoms with E-state index >= 15 is 0 Å². The van der Waals surface area contributed by atoms with Crippen LogP contribution in [0.15, 0.2) is 24.3 Å². The lowest BCUT2D eigenvalue weighted by molar-refractivity contribution is -0.274. The van der Waals surface area contributed by atoms with Crippen LogP contribution in [0.25, 0.3) is 10.2 Å². The predicted molar refractivity (Wildman–Crippen MR) is 118 cm³/mol. The van der Waals surface area contributed by atoms with Gasteiger partial charge in [-0.25, -0.2) is 4.98 Å². The van der Waals surface area contributed by atoms with Crippen molar-refractivity contribution in [2.45, 2.75) is 17.9 Å². The highest BCUT2D eigenvalue weighted by molar-refractivity contribution is 7.59. The van der Waals surface area contributed by atoms with Crippen LogP contribution in [-0.4, -0.2) is 42.3 Å². The van der Waals surface area contributed by atoms with Gasteiger partial charge in [0.05, 0.1) is 20.5 Å². The standard InChI is InChI=1S/C13H16NO3SSi.4H2S/c1-12(15-2,16-3)13(19,17-4)11-14-9-7-5-6-8-10(9)18-11;;;;/h5-8H,1-4H3;4*1H2. The Hall–Kier alpha value is 0.607. The van der Waals surface area contributed by atoms with Crippen molar-refractivity contribution in [3.05, 3.63) is 29.3 Å². The molecule has 0 N–H and O–H groups in total. The van der Waals surface area contributed by atoms with E-state index in [1.807, 2.05) is 24.3 Å². The molecule has 0 aliphatic carbocycles. The fourth-order valence-corrected chi connectivity index (χ4v) is 3.40. The van der Waals surface area contributed by atoms with E-state index in [-0.39, 0.29) is 54.0 Å². The molecule has 0 saturated heterocycles. The summed E-state index contributed by atoms with van der Waals surface area (Å²) < 4.78 is 17.6. The van der Waals surface area contributed by atoms with Crippen LogP contribution in [-0.2, 0) is 19.4 Å². The van der Waals surface area contributed by atoms with Crippen molar-refractivity contribution in [2.24, 2.45) is 0 Å². The molecule has 0 bridgehead atoms. The summed E-state index contributed by atoms with van der Waals surface area (Å²) in [5.41, 5.74) is 0.928. The van der Waals surface area contributed by atoms with Crippen molar-refractivity contribution >= 4 is 85.8 Å². The van der Waals surface area contributed by atoms with E-state index < -0.39 is 11.0 Å². The lowest BCUT2D eigenvalue weighted by Gasteiger charge is -2.41. The summed E-state index contributed by atoms with van der Waals surface area (Å²) in [5, 5.41) is -0.223. The summed E-state index contributed by atoms with van der Waals surface area (Å²) in [5.74, 6) is -0.994. The average molecular weight is 431 g/mol. The number of hydrogen-bond acceptors (Lipinski definition) is 5. The zero-order valence-electron chi connectivity index (χ0n) is 13.4. The fraction of sp³-hybridized carbons (Fsp3) is 0.462. The molecule has 0 fully saturated rings. The summed E-state index contributed by atoms with van der Waals surface area (Å²) in [7, 11) is 8.39. The van der Waals surface area contributed by atoms with Gasteiger partial charge >= 0.3 is 0 Å². The maximum Gasteiger partial charge on any atom is 0.196 e. The van der Waals surface area contributed by atoms with Crippen molar-refractivity contribution in [3.8, 4) is 0 Å². The first-order valence-corrected chi connectivity index (χ1v) is 7.09. The number of para-hydroxylation sites is 1. The monoisotopic (exact) mass is 430 g/mol. The van der Waals surface area contributed by atoms with E-state index in [4.69, 9.17) is 14.2 Å². The molecule has 0 saturated carbocycles. The van der Waals surface area contributed by atoms with Crippen LogP contribution in [0.1, 0.15) is 11.9 Å². The van der Waals surface area contributed by atoms with Gasteiger partial charge in [0.25, 0.3) is 0 Å². The number of nitrogens with zero attached hydrogens (tertiary/aromatic N) is 1. The smallest absolute Gasteiger partial charge is 0.196 e. The minimum Gasteiger partial charge on any atom is -0.370 e. The van der Waals surface area contributed by atoms with Gasteiger partial charge in [-0.1, -0.05) is 12.1 Å². The molecule has 23 heavy (non-hydrogen) atoms. The summed E-state index contributed by atoms with van der Waals surface area (Å²) >= 11 is 1.54. The Morgan fingerprint density at radius 2 is 1.48 bits per heavy atom. The minimum atomic E-state index is -0.994. The summed E-state index contributed by atoms with van der Waals surface area (Å²) in [6, 6.07) is 7.93. The zero-order chi connectivity index (χ0) is 14.1.